The van der Waals surface area contributed by atoms with Crippen LogP contribution in [0.2, 0.25) is 5.02 Å². The van der Waals surface area contributed by atoms with E-state index in [2.05, 4.69) is 35.9 Å². The lowest BCUT2D eigenvalue weighted by molar-refractivity contribution is -0.137. The zero-order chi connectivity index (χ0) is 30.8. The standard InChI is InChI=1S/C29H27ClN10O4/c1-17-4-2-3-5-25(22-10-18(8-9-31-22)28-23(35-29(17)44)13-34-39(28)14-27(42)43)38-15-32-21(12-26(38)41)20-11-19(30)6-7-24(20)40-16-33-36-37-40/h6-13,15-17,25H,2-5,14H2,1H3,(H,35,44)(H,42,43). The monoisotopic (exact) mass is 614 g/mol. The highest BCUT2D eigenvalue weighted by Crippen LogP contribution is 2.33. The number of nitrogens with zero attached hydrogens (tertiary/aromatic N) is 9. The number of carboxylic acids is 1. The van der Waals surface area contributed by atoms with E-state index in [1.54, 1.807) is 41.1 Å². The van der Waals surface area contributed by atoms with Gasteiger partial charge in [0, 0.05) is 34.3 Å². The fourth-order valence-electron chi connectivity index (χ4n) is 5.39. The second-order valence-electron chi connectivity index (χ2n) is 10.6. The van der Waals surface area contributed by atoms with Crippen molar-refractivity contribution in [2.45, 2.75) is 45.2 Å². The van der Waals surface area contributed by atoms with E-state index in [-0.39, 0.29) is 17.4 Å². The van der Waals surface area contributed by atoms with Crippen molar-refractivity contribution in [3.63, 3.8) is 0 Å². The largest absolute Gasteiger partial charge is 0.480 e. The number of anilines is 1. The number of halogens is 1. The number of benzene rings is 1. The van der Waals surface area contributed by atoms with Crippen LogP contribution in [0.3, 0.4) is 0 Å². The Bertz CT molecular complexity index is 1900. The first kappa shape index (κ1) is 28.9. The van der Waals surface area contributed by atoms with Crippen LogP contribution in [0.15, 0.2) is 66.2 Å². The molecule has 2 bridgehead atoms. The molecule has 1 aliphatic heterocycles. The van der Waals surface area contributed by atoms with Crippen LogP contribution in [-0.2, 0) is 16.1 Å². The van der Waals surface area contributed by atoms with Crippen LogP contribution in [-0.4, -0.2) is 61.5 Å². The highest BCUT2D eigenvalue weighted by molar-refractivity contribution is 6.31. The summed E-state index contributed by atoms with van der Waals surface area (Å²) in [6.45, 7) is 1.45. The van der Waals surface area contributed by atoms with Gasteiger partial charge in [-0.05, 0) is 53.6 Å². The maximum absolute atomic E-state index is 13.7. The quantitative estimate of drug-likeness (QED) is 0.297. The molecule has 1 aliphatic rings. The third kappa shape index (κ3) is 5.83. The summed E-state index contributed by atoms with van der Waals surface area (Å²) in [6, 6.07) is 9.62. The van der Waals surface area contributed by atoms with Gasteiger partial charge in [-0.1, -0.05) is 31.4 Å². The van der Waals surface area contributed by atoms with Gasteiger partial charge in [0.15, 0.2) is 0 Å². The molecular weight excluding hydrogens is 588 g/mol. The number of aromatic nitrogens is 9. The summed E-state index contributed by atoms with van der Waals surface area (Å²) in [7, 11) is 0. The molecule has 0 aliphatic carbocycles. The molecule has 15 heteroatoms. The maximum atomic E-state index is 13.7. The van der Waals surface area contributed by atoms with Gasteiger partial charge in [0.05, 0.1) is 47.0 Å². The number of rotatable bonds is 5. The smallest absolute Gasteiger partial charge is 0.325 e. The average molecular weight is 615 g/mol. The lowest BCUT2D eigenvalue weighted by Gasteiger charge is -2.20. The van der Waals surface area contributed by atoms with Crippen LogP contribution >= 0.6 is 11.6 Å². The van der Waals surface area contributed by atoms with E-state index in [0.29, 0.717) is 57.4 Å². The molecule has 2 N–H and O–H groups in total. The van der Waals surface area contributed by atoms with Gasteiger partial charge in [-0.3, -0.25) is 28.6 Å². The molecule has 0 fully saturated rings. The van der Waals surface area contributed by atoms with Crippen LogP contribution in [0.1, 0.15) is 44.3 Å². The van der Waals surface area contributed by atoms with Crippen molar-refractivity contribution >= 4 is 29.2 Å². The Hall–Kier alpha value is -5.24. The molecule has 5 heterocycles. The first-order valence-corrected chi connectivity index (χ1v) is 14.3. The van der Waals surface area contributed by atoms with Crippen molar-refractivity contribution < 1.29 is 14.7 Å². The summed E-state index contributed by atoms with van der Waals surface area (Å²) in [5.41, 5.74) is 3.30. The molecule has 2 unspecified atom stereocenters. The predicted octanol–water partition coefficient (Wildman–Crippen LogP) is 3.62. The second-order valence-corrected chi connectivity index (χ2v) is 11.0. The fraction of sp³-hybridized carbons (Fsp3) is 0.276. The molecule has 6 rings (SSSR count). The van der Waals surface area contributed by atoms with Crippen LogP contribution in [0.5, 0.6) is 0 Å². The number of carbonyl (C=O) groups excluding carboxylic acids is 1. The molecular formula is C29H27ClN10O4. The normalized spacial score (nSPS) is 17.1. The summed E-state index contributed by atoms with van der Waals surface area (Å²) in [5.74, 6) is -1.54. The zero-order valence-corrected chi connectivity index (χ0v) is 24.3. The van der Waals surface area contributed by atoms with Crippen molar-refractivity contribution in [1.82, 2.24) is 44.5 Å². The minimum absolute atomic E-state index is 0.177. The number of carbonyl (C=O) groups is 2. The molecule has 1 aromatic carbocycles. The van der Waals surface area contributed by atoms with E-state index in [1.165, 1.54) is 34.3 Å². The van der Waals surface area contributed by atoms with Gasteiger partial charge in [0.2, 0.25) is 5.91 Å². The number of tetrazole rings is 1. The number of carboxylic acid groups (broad SMARTS) is 1. The van der Waals surface area contributed by atoms with Gasteiger partial charge in [-0.25, -0.2) is 4.98 Å². The van der Waals surface area contributed by atoms with Gasteiger partial charge in [0.25, 0.3) is 5.56 Å². The third-order valence-corrected chi connectivity index (χ3v) is 7.83. The summed E-state index contributed by atoms with van der Waals surface area (Å²) < 4.78 is 4.33. The Morgan fingerprint density at radius 3 is 2.70 bits per heavy atom. The third-order valence-electron chi connectivity index (χ3n) is 7.59. The number of amides is 1. The average Bonchev–Trinajstić information content (AvgIpc) is 3.67. The van der Waals surface area contributed by atoms with E-state index in [9.17, 15) is 19.5 Å². The van der Waals surface area contributed by atoms with Crippen LogP contribution in [0, 0.1) is 5.92 Å². The first-order valence-electron chi connectivity index (χ1n) is 13.9. The predicted molar refractivity (Wildman–Crippen MR) is 159 cm³/mol. The number of pyridine rings is 1. The Morgan fingerprint density at radius 2 is 1.93 bits per heavy atom. The highest BCUT2D eigenvalue weighted by Gasteiger charge is 2.24. The number of aliphatic carboxylic acids is 1. The molecule has 224 valence electrons. The van der Waals surface area contributed by atoms with Gasteiger partial charge in [0.1, 0.15) is 12.9 Å². The summed E-state index contributed by atoms with van der Waals surface area (Å²) in [5, 5.41) is 28.5. The van der Waals surface area contributed by atoms with Crippen LogP contribution in [0.25, 0.3) is 28.2 Å². The van der Waals surface area contributed by atoms with Crippen molar-refractivity contribution in [3.05, 3.63) is 82.5 Å². The molecule has 2 atom stereocenters. The minimum Gasteiger partial charge on any atom is -0.480 e. The molecule has 0 radical (unpaired) electrons. The lowest BCUT2D eigenvalue weighted by atomic mass is 9.99. The molecule has 0 saturated heterocycles. The van der Waals surface area contributed by atoms with E-state index in [4.69, 9.17) is 11.6 Å². The minimum atomic E-state index is -1.08. The fourth-order valence-corrected chi connectivity index (χ4v) is 5.56. The molecule has 1 amide bonds. The van der Waals surface area contributed by atoms with E-state index < -0.39 is 18.6 Å². The molecule has 0 spiro atoms. The van der Waals surface area contributed by atoms with Crippen molar-refractivity contribution in [3.8, 4) is 28.2 Å². The second kappa shape index (κ2) is 12.2. The topological polar surface area (TPSA) is 176 Å². The van der Waals surface area contributed by atoms with Crippen LogP contribution in [0.4, 0.5) is 5.69 Å². The Balaban J connectivity index is 1.44. The molecule has 5 aromatic rings. The van der Waals surface area contributed by atoms with E-state index >= 15 is 0 Å². The Morgan fingerprint density at radius 1 is 1.09 bits per heavy atom. The van der Waals surface area contributed by atoms with E-state index in [0.717, 1.165) is 12.8 Å². The Labute approximate surface area is 255 Å². The number of fused-ring (bicyclic) bond motifs is 4. The lowest BCUT2D eigenvalue weighted by Crippen LogP contribution is -2.26. The van der Waals surface area contributed by atoms with Gasteiger partial charge < -0.3 is 10.4 Å². The Kier molecular flexibility index (Phi) is 7.98. The summed E-state index contributed by atoms with van der Waals surface area (Å²) in [6.07, 6.45) is 8.63. The molecule has 44 heavy (non-hydrogen) atoms. The maximum Gasteiger partial charge on any atom is 0.325 e. The highest BCUT2D eigenvalue weighted by atomic mass is 35.5. The van der Waals surface area contributed by atoms with Crippen molar-refractivity contribution in [2.24, 2.45) is 5.92 Å². The number of hydrogen-bond donors (Lipinski definition) is 2. The number of hydrogen-bond acceptors (Lipinski definition) is 9. The van der Waals surface area contributed by atoms with Crippen molar-refractivity contribution in [1.29, 1.82) is 0 Å². The van der Waals surface area contributed by atoms with E-state index in [1.807, 2.05) is 6.92 Å². The first-order chi connectivity index (χ1) is 21.3. The van der Waals surface area contributed by atoms with Crippen molar-refractivity contribution in [2.75, 3.05) is 5.32 Å². The number of nitrogens with one attached hydrogen (secondary N) is 1. The summed E-state index contributed by atoms with van der Waals surface area (Å²) in [4.78, 5) is 47.6. The van der Waals surface area contributed by atoms with Gasteiger partial charge in [-0.2, -0.15) is 9.78 Å². The molecule has 0 saturated carbocycles. The van der Waals surface area contributed by atoms with Gasteiger partial charge >= 0.3 is 5.97 Å². The van der Waals surface area contributed by atoms with Crippen LogP contribution < -0.4 is 10.9 Å². The summed E-state index contributed by atoms with van der Waals surface area (Å²) >= 11 is 6.30. The molecule has 4 aromatic heterocycles. The molecule has 14 nitrogen and oxygen atoms in total. The van der Waals surface area contributed by atoms with Gasteiger partial charge in [-0.15, -0.1) is 5.10 Å². The zero-order valence-electron chi connectivity index (χ0n) is 23.5. The SMILES string of the molecule is CC1CCCCC(n2cnc(-c3cc(Cl)ccc3-n3cnnn3)cc2=O)c2cc(ccn2)-c2c(cnn2CC(=O)O)NC1=O.